The second-order valence-corrected chi connectivity index (χ2v) is 4.59. The van der Waals surface area contributed by atoms with Crippen molar-refractivity contribution in [3.63, 3.8) is 0 Å². The van der Waals surface area contributed by atoms with Crippen molar-refractivity contribution in [2.45, 2.75) is 19.8 Å². The highest BCUT2D eigenvalue weighted by atomic mass is 16.6. The lowest BCUT2D eigenvalue weighted by Crippen LogP contribution is -2.25. The van der Waals surface area contributed by atoms with Gasteiger partial charge in [-0.05, 0) is 32.9 Å². The summed E-state index contributed by atoms with van der Waals surface area (Å²) in [6.07, 6.45) is 2.38. The van der Waals surface area contributed by atoms with Gasteiger partial charge in [0.15, 0.2) is 0 Å². The van der Waals surface area contributed by atoms with Gasteiger partial charge in [0, 0.05) is 6.54 Å². The molecule has 1 aromatic rings. The van der Waals surface area contributed by atoms with Crippen LogP contribution in [-0.2, 0) is 0 Å². The number of ether oxygens (including phenoxy) is 1. The molecule has 0 spiro atoms. The number of nitrogens with zero attached hydrogens (tertiary/aromatic N) is 4. The van der Waals surface area contributed by atoms with E-state index in [1.807, 2.05) is 0 Å². The van der Waals surface area contributed by atoms with Crippen molar-refractivity contribution in [2.24, 2.45) is 5.84 Å². The van der Waals surface area contributed by atoms with E-state index in [0.29, 0.717) is 6.61 Å². The van der Waals surface area contributed by atoms with Gasteiger partial charge in [-0.2, -0.15) is 4.98 Å². The first-order chi connectivity index (χ1) is 9.61. The Hall–Kier alpha value is -2.00. The third-order valence-electron chi connectivity index (χ3n) is 3.18. The Balaban J connectivity index is 2.07. The van der Waals surface area contributed by atoms with E-state index in [0.717, 1.165) is 19.6 Å². The van der Waals surface area contributed by atoms with E-state index < -0.39 is 4.92 Å². The minimum atomic E-state index is -0.541. The number of nitrogens with one attached hydrogen (secondary N) is 1. The molecular weight excluding hydrogens is 264 g/mol. The van der Waals surface area contributed by atoms with Gasteiger partial charge in [0.2, 0.25) is 5.95 Å². The Morgan fingerprint density at radius 2 is 2.15 bits per heavy atom. The zero-order valence-electron chi connectivity index (χ0n) is 11.3. The number of aryl methyl sites for hydroxylation is 1. The lowest BCUT2D eigenvalue weighted by molar-refractivity contribution is -0.387. The van der Waals surface area contributed by atoms with Crippen LogP contribution in [0.3, 0.4) is 0 Å². The summed E-state index contributed by atoms with van der Waals surface area (Å²) in [5.41, 5.74) is 2.27. The molecule has 0 amide bonds. The molecule has 9 nitrogen and oxygen atoms in total. The van der Waals surface area contributed by atoms with Crippen LogP contribution in [0.15, 0.2) is 0 Å². The van der Waals surface area contributed by atoms with E-state index in [4.69, 9.17) is 10.6 Å². The van der Waals surface area contributed by atoms with E-state index in [1.54, 1.807) is 0 Å². The molecule has 1 saturated heterocycles. The SMILES string of the molecule is Cc1nc(NN)nc(OCCN2CCCC2)c1[N+](=O)[O-]. The van der Waals surface area contributed by atoms with Crippen LogP contribution in [0.4, 0.5) is 11.6 Å². The molecule has 0 unspecified atom stereocenters. The maximum atomic E-state index is 11.0. The van der Waals surface area contributed by atoms with Gasteiger partial charge in [0.25, 0.3) is 5.88 Å². The van der Waals surface area contributed by atoms with Crippen LogP contribution in [0, 0.1) is 17.0 Å². The number of hydrogen-bond donors (Lipinski definition) is 2. The molecule has 3 N–H and O–H groups in total. The summed E-state index contributed by atoms with van der Waals surface area (Å²) in [5.74, 6) is 5.29. The summed E-state index contributed by atoms with van der Waals surface area (Å²) in [6, 6.07) is 0. The van der Waals surface area contributed by atoms with Crippen LogP contribution in [-0.4, -0.2) is 46.0 Å². The first kappa shape index (κ1) is 14.4. The number of hydrogen-bond acceptors (Lipinski definition) is 8. The highest BCUT2D eigenvalue weighted by Gasteiger charge is 2.23. The summed E-state index contributed by atoms with van der Waals surface area (Å²) >= 11 is 0. The summed E-state index contributed by atoms with van der Waals surface area (Å²) in [4.78, 5) is 20.5. The zero-order chi connectivity index (χ0) is 14.5. The number of aromatic nitrogens is 2. The van der Waals surface area contributed by atoms with Crippen molar-refractivity contribution in [1.29, 1.82) is 0 Å². The van der Waals surface area contributed by atoms with Gasteiger partial charge < -0.3 is 4.74 Å². The largest absolute Gasteiger partial charge is 0.471 e. The Labute approximate surface area is 116 Å². The molecular formula is C11H18N6O3. The third-order valence-corrected chi connectivity index (χ3v) is 3.18. The molecule has 0 aromatic carbocycles. The first-order valence-corrected chi connectivity index (χ1v) is 6.46. The summed E-state index contributed by atoms with van der Waals surface area (Å²) < 4.78 is 5.45. The standard InChI is InChI=1S/C11H18N6O3/c1-8-9(17(18)19)10(14-11(13-8)15-12)20-7-6-16-4-2-3-5-16/h2-7,12H2,1H3,(H,13,14,15). The number of hydrazine groups is 1. The number of nitrogens with two attached hydrogens (primary N) is 1. The summed E-state index contributed by atoms with van der Waals surface area (Å²) in [5, 5.41) is 11.0. The molecule has 1 aliphatic heterocycles. The topological polar surface area (TPSA) is 119 Å². The second kappa shape index (κ2) is 6.44. The van der Waals surface area contributed by atoms with Crippen molar-refractivity contribution >= 4 is 11.6 Å². The fourth-order valence-electron chi connectivity index (χ4n) is 2.19. The first-order valence-electron chi connectivity index (χ1n) is 6.46. The molecule has 20 heavy (non-hydrogen) atoms. The molecule has 9 heteroatoms. The lowest BCUT2D eigenvalue weighted by Gasteiger charge is -2.14. The molecule has 2 heterocycles. The molecule has 0 atom stereocenters. The monoisotopic (exact) mass is 282 g/mol. The number of anilines is 1. The normalized spacial score (nSPS) is 15.3. The molecule has 2 rings (SSSR count). The van der Waals surface area contributed by atoms with Crippen molar-refractivity contribution in [1.82, 2.24) is 14.9 Å². The van der Waals surface area contributed by atoms with Gasteiger partial charge in [-0.1, -0.05) is 0 Å². The van der Waals surface area contributed by atoms with Gasteiger partial charge in [-0.3, -0.25) is 20.4 Å². The van der Waals surface area contributed by atoms with E-state index in [2.05, 4.69) is 20.3 Å². The molecule has 1 fully saturated rings. The minimum Gasteiger partial charge on any atom is -0.471 e. The van der Waals surface area contributed by atoms with E-state index in [9.17, 15) is 10.1 Å². The summed E-state index contributed by atoms with van der Waals surface area (Å²) in [7, 11) is 0. The smallest absolute Gasteiger partial charge is 0.352 e. The Bertz CT molecular complexity index is 489. The predicted molar refractivity (Wildman–Crippen MR) is 72.4 cm³/mol. The average molecular weight is 282 g/mol. The third kappa shape index (κ3) is 3.31. The van der Waals surface area contributed by atoms with Gasteiger partial charge in [0.05, 0.1) is 4.92 Å². The number of nitrogen functional groups attached to an aromatic ring is 1. The predicted octanol–water partition coefficient (Wildman–Crippen LogP) is 0.453. The van der Waals surface area contributed by atoms with Crippen molar-refractivity contribution < 1.29 is 9.66 Å². The molecule has 0 radical (unpaired) electrons. The van der Waals surface area contributed by atoms with Gasteiger partial charge >= 0.3 is 5.69 Å². The fourth-order valence-corrected chi connectivity index (χ4v) is 2.19. The Morgan fingerprint density at radius 3 is 2.75 bits per heavy atom. The molecule has 1 aromatic heterocycles. The van der Waals surface area contributed by atoms with Crippen molar-refractivity contribution in [3.8, 4) is 5.88 Å². The Kier molecular flexibility index (Phi) is 4.64. The molecule has 0 bridgehead atoms. The maximum absolute atomic E-state index is 11.0. The molecule has 0 aliphatic carbocycles. The average Bonchev–Trinajstić information content (AvgIpc) is 2.90. The van der Waals surface area contributed by atoms with Gasteiger partial charge in [-0.15, -0.1) is 0 Å². The highest BCUT2D eigenvalue weighted by Crippen LogP contribution is 2.28. The minimum absolute atomic E-state index is 0.0466. The summed E-state index contributed by atoms with van der Waals surface area (Å²) in [6.45, 7) is 4.69. The molecule has 1 aliphatic rings. The van der Waals surface area contributed by atoms with Crippen LogP contribution in [0.25, 0.3) is 0 Å². The van der Waals surface area contributed by atoms with E-state index in [1.165, 1.54) is 19.8 Å². The number of likely N-dealkylation sites (tertiary alicyclic amines) is 1. The van der Waals surface area contributed by atoms with Crippen LogP contribution in [0.1, 0.15) is 18.5 Å². The van der Waals surface area contributed by atoms with Crippen molar-refractivity contribution in [3.05, 3.63) is 15.8 Å². The number of nitro groups is 1. The maximum Gasteiger partial charge on any atom is 0.352 e. The molecule has 0 saturated carbocycles. The van der Waals surface area contributed by atoms with E-state index in [-0.39, 0.29) is 23.2 Å². The number of rotatable bonds is 6. The van der Waals surface area contributed by atoms with Crippen LogP contribution in [0.5, 0.6) is 5.88 Å². The van der Waals surface area contributed by atoms with Crippen molar-refractivity contribution in [2.75, 3.05) is 31.7 Å². The highest BCUT2D eigenvalue weighted by molar-refractivity contribution is 5.48. The lowest BCUT2D eigenvalue weighted by atomic mass is 10.3. The zero-order valence-corrected chi connectivity index (χ0v) is 11.3. The Morgan fingerprint density at radius 1 is 1.45 bits per heavy atom. The second-order valence-electron chi connectivity index (χ2n) is 4.59. The van der Waals surface area contributed by atoms with Crippen LogP contribution < -0.4 is 16.0 Å². The van der Waals surface area contributed by atoms with Crippen LogP contribution in [0.2, 0.25) is 0 Å². The fraction of sp³-hybridized carbons (Fsp3) is 0.636. The molecule has 110 valence electrons. The van der Waals surface area contributed by atoms with Gasteiger partial charge in [0.1, 0.15) is 12.3 Å². The quantitative estimate of drug-likeness (QED) is 0.438. The van der Waals surface area contributed by atoms with Crippen LogP contribution >= 0.6 is 0 Å². The van der Waals surface area contributed by atoms with Gasteiger partial charge in [-0.25, -0.2) is 10.8 Å². The van der Waals surface area contributed by atoms with E-state index >= 15 is 0 Å².